The minimum atomic E-state index is 0. The van der Waals surface area contributed by atoms with Crippen LogP contribution in [0.5, 0.6) is 0 Å². The first-order valence-electron chi connectivity index (χ1n) is 3.44. The van der Waals surface area contributed by atoms with Gasteiger partial charge in [0.2, 0.25) is 0 Å². The van der Waals surface area contributed by atoms with Gasteiger partial charge < -0.3 is 12.3 Å². The molecule has 3 aliphatic carbocycles. The Bertz CT molecular complexity index is 50.7. The van der Waals surface area contributed by atoms with Crippen LogP contribution < -0.4 is 0 Å². The first-order chi connectivity index (χ1) is 3.86. The van der Waals surface area contributed by atoms with Gasteiger partial charge >= 0.3 is 18.6 Å². The summed E-state index contributed by atoms with van der Waals surface area (Å²) in [5, 5.41) is 0. The maximum Gasteiger partial charge on any atom is 2.00 e. The van der Waals surface area contributed by atoms with E-state index in [0.717, 1.165) is 0 Å². The van der Waals surface area contributed by atoms with Crippen LogP contribution in [-0.2, 0) is 18.6 Å². The zero-order chi connectivity index (χ0) is 5.98. The third kappa shape index (κ3) is 2.35. The molecule has 51 valence electrons. The van der Waals surface area contributed by atoms with Crippen LogP contribution in [-0.4, -0.2) is 0 Å². The van der Waals surface area contributed by atoms with E-state index in [1.165, 1.54) is 25.2 Å². The molecule has 0 aliphatic heterocycles. The molecule has 0 N–H and O–H groups in total. The van der Waals surface area contributed by atoms with Gasteiger partial charge in [0.1, 0.15) is 0 Å². The molecule has 0 spiro atoms. The fourth-order valence-electron chi connectivity index (χ4n) is 1.05. The van der Waals surface area contributed by atoms with Crippen molar-refractivity contribution in [1.29, 1.82) is 0 Å². The third-order valence-corrected chi connectivity index (χ3v) is 1.73. The second kappa shape index (κ2) is 4.41. The van der Waals surface area contributed by atoms with Gasteiger partial charge in [0, 0.05) is 0 Å². The summed E-state index contributed by atoms with van der Waals surface area (Å²) in [4.78, 5) is 0. The van der Waals surface area contributed by atoms with E-state index >= 15 is 0 Å². The van der Waals surface area contributed by atoms with Gasteiger partial charge in [-0.2, -0.15) is 33.1 Å². The van der Waals surface area contributed by atoms with Gasteiger partial charge in [-0.25, -0.2) is 0 Å². The fraction of sp³-hybridized carbons (Fsp3) is 0.750. The van der Waals surface area contributed by atoms with Crippen molar-refractivity contribution in [3.63, 3.8) is 0 Å². The van der Waals surface area contributed by atoms with Crippen LogP contribution in [0.15, 0.2) is 0 Å². The molecule has 0 aromatic rings. The second-order valence-corrected chi connectivity index (χ2v) is 2.81. The van der Waals surface area contributed by atoms with E-state index in [4.69, 9.17) is 0 Å². The minimum Gasteiger partial charge on any atom is -0.335 e. The maximum absolute atomic E-state index is 2.00. The minimum absolute atomic E-state index is 0. The summed E-state index contributed by atoms with van der Waals surface area (Å²) in [6, 6.07) is 0. The molecule has 3 saturated carbocycles. The van der Waals surface area contributed by atoms with Gasteiger partial charge in [-0.05, 0) is 0 Å². The summed E-state index contributed by atoms with van der Waals surface area (Å²) in [5.74, 6) is 3.00. The summed E-state index contributed by atoms with van der Waals surface area (Å²) in [6.07, 6.45) is 6.50. The molecule has 9 heavy (non-hydrogen) atoms. The van der Waals surface area contributed by atoms with Crippen LogP contribution >= 0.6 is 0 Å². The zero-order valence-corrected chi connectivity index (χ0v) is 7.62. The average molecular weight is 161 g/mol. The molecule has 0 amide bonds. The molecule has 1 heteroatoms. The van der Waals surface area contributed by atoms with Crippen LogP contribution in [0.3, 0.4) is 0 Å². The van der Waals surface area contributed by atoms with E-state index in [0.29, 0.717) is 0 Å². The summed E-state index contributed by atoms with van der Waals surface area (Å²) in [6.45, 7) is 4.00. The Kier molecular flexibility index (Phi) is 4.69. The summed E-state index contributed by atoms with van der Waals surface area (Å²) in [5.41, 5.74) is 0. The summed E-state index contributed by atoms with van der Waals surface area (Å²) in [7, 11) is 0. The van der Waals surface area contributed by atoms with Crippen molar-refractivity contribution in [2.45, 2.75) is 33.1 Å². The summed E-state index contributed by atoms with van der Waals surface area (Å²) < 4.78 is 0. The summed E-state index contributed by atoms with van der Waals surface area (Å²) >= 11 is 0. The zero-order valence-electron chi connectivity index (χ0n) is 6.22. The maximum atomic E-state index is 2.00. The third-order valence-electron chi connectivity index (χ3n) is 1.73. The van der Waals surface area contributed by atoms with Gasteiger partial charge in [0.25, 0.3) is 0 Å². The topological polar surface area (TPSA) is 0 Å². The molecular weight excluding hydrogens is 147 g/mol. The largest absolute Gasteiger partial charge is 2.00 e. The molecule has 2 bridgehead atoms. The molecular formula is C8H14V. The van der Waals surface area contributed by atoms with E-state index < -0.39 is 0 Å². The van der Waals surface area contributed by atoms with Crippen LogP contribution in [0.2, 0.25) is 0 Å². The molecule has 0 saturated heterocycles. The van der Waals surface area contributed by atoms with E-state index in [1.54, 1.807) is 0 Å². The number of rotatable bonds is 0. The molecule has 3 fully saturated rings. The SMILES string of the molecule is C1[C-]2CC1C2.C[CH-]C.[V+2]. The standard InChI is InChI=1S/C5H7.C3H7.V/c1-4-2-5(1)3-4;1-3-2;/h4H,1-3H2;3H,1-2H3;/q2*-1;+2. The fourth-order valence-corrected chi connectivity index (χ4v) is 1.05. The van der Waals surface area contributed by atoms with Crippen LogP contribution in [0, 0.1) is 18.3 Å². The number of hydrogen-bond donors (Lipinski definition) is 0. The molecule has 0 unspecified atom stereocenters. The van der Waals surface area contributed by atoms with Gasteiger partial charge in [0.15, 0.2) is 0 Å². The Balaban J connectivity index is 0.000000147. The molecule has 3 rings (SSSR count). The predicted molar refractivity (Wildman–Crippen MR) is 36.2 cm³/mol. The van der Waals surface area contributed by atoms with E-state index in [-0.39, 0.29) is 18.6 Å². The van der Waals surface area contributed by atoms with Gasteiger partial charge in [-0.15, -0.1) is 5.92 Å². The quantitative estimate of drug-likeness (QED) is 0.479. The van der Waals surface area contributed by atoms with Gasteiger partial charge in [0.05, 0.1) is 0 Å². The first-order valence-corrected chi connectivity index (χ1v) is 3.44. The Morgan fingerprint density at radius 1 is 1.22 bits per heavy atom. The molecule has 0 aromatic carbocycles. The molecule has 0 nitrogen and oxygen atoms in total. The van der Waals surface area contributed by atoms with Crippen molar-refractivity contribution in [2.24, 2.45) is 5.92 Å². The van der Waals surface area contributed by atoms with E-state index in [1.807, 2.05) is 26.2 Å². The van der Waals surface area contributed by atoms with Gasteiger partial charge in [-0.3, -0.25) is 0 Å². The molecule has 0 aromatic heterocycles. The molecule has 0 atom stereocenters. The monoisotopic (exact) mass is 161 g/mol. The van der Waals surface area contributed by atoms with Crippen LogP contribution in [0.4, 0.5) is 0 Å². The van der Waals surface area contributed by atoms with Crippen molar-refractivity contribution in [1.82, 2.24) is 0 Å². The van der Waals surface area contributed by atoms with E-state index in [2.05, 4.69) is 0 Å². The van der Waals surface area contributed by atoms with Crippen molar-refractivity contribution in [3.8, 4) is 0 Å². The Morgan fingerprint density at radius 3 is 1.33 bits per heavy atom. The number of hydrogen-bond acceptors (Lipinski definition) is 0. The Morgan fingerprint density at radius 2 is 1.33 bits per heavy atom. The normalized spacial score (nSPS) is 22.0. The van der Waals surface area contributed by atoms with Gasteiger partial charge in [-0.1, -0.05) is 0 Å². The van der Waals surface area contributed by atoms with Crippen molar-refractivity contribution >= 4 is 0 Å². The van der Waals surface area contributed by atoms with Crippen molar-refractivity contribution in [2.75, 3.05) is 0 Å². The second-order valence-electron chi connectivity index (χ2n) is 2.81. The molecule has 3 aliphatic rings. The first kappa shape index (κ1) is 9.58. The predicted octanol–water partition coefficient (Wildman–Crippen LogP) is 2.60. The average Bonchev–Trinajstić information content (AvgIpc) is 1.20. The molecule has 1 radical (unpaired) electrons. The van der Waals surface area contributed by atoms with E-state index in [9.17, 15) is 0 Å². The molecule has 0 heterocycles. The smallest absolute Gasteiger partial charge is 0.335 e. The van der Waals surface area contributed by atoms with Crippen LogP contribution in [0.1, 0.15) is 33.1 Å². The van der Waals surface area contributed by atoms with Crippen LogP contribution in [0.25, 0.3) is 0 Å². The van der Waals surface area contributed by atoms with Crippen molar-refractivity contribution < 1.29 is 18.6 Å². The Labute approximate surface area is 70.3 Å². The van der Waals surface area contributed by atoms with Crippen molar-refractivity contribution in [3.05, 3.63) is 12.3 Å². The Hall–Kier alpha value is 0.584.